The molecule has 0 aliphatic heterocycles. The highest BCUT2D eigenvalue weighted by Gasteiger charge is 2.26. The van der Waals surface area contributed by atoms with Crippen LogP contribution in [0, 0.1) is 21.7 Å². The van der Waals surface area contributed by atoms with Crippen molar-refractivity contribution in [2.75, 3.05) is 25.0 Å². The summed E-state index contributed by atoms with van der Waals surface area (Å²) in [4.78, 5) is 22.2. The maximum absolute atomic E-state index is 13.2. The van der Waals surface area contributed by atoms with Gasteiger partial charge in [-0.25, -0.2) is 17.2 Å². The van der Waals surface area contributed by atoms with Gasteiger partial charge in [0.1, 0.15) is 0 Å². The van der Waals surface area contributed by atoms with E-state index in [1.165, 1.54) is 0 Å². The number of hydrogen-bond acceptors (Lipinski definition) is 6. The van der Waals surface area contributed by atoms with Crippen LogP contribution in [0.5, 0.6) is 5.75 Å². The lowest BCUT2D eigenvalue weighted by atomic mass is 10.3. The molecule has 0 aliphatic carbocycles. The van der Waals surface area contributed by atoms with Gasteiger partial charge in [-0.05, 0) is 24.3 Å². The van der Waals surface area contributed by atoms with Gasteiger partial charge >= 0.3 is 5.69 Å². The van der Waals surface area contributed by atoms with Gasteiger partial charge in [-0.15, -0.1) is 0 Å². The second kappa shape index (κ2) is 9.59. The Labute approximate surface area is 171 Å². The zero-order valence-corrected chi connectivity index (χ0v) is 16.9. The maximum Gasteiger partial charge on any atom is 0.312 e. The zero-order chi connectivity index (χ0) is 22.5. The summed E-state index contributed by atoms with van der Waals surface area (Å²) in [6, 6.07) is 5.80. The summed E-state index contributed by atoms with van der Waals surface area (Å²) >= 11 is 0. The number of nitrogens with zero attached hydrogens (tertiary/aromatic N) is 2. The molecule has 2 aromatic rings. The summed E-state index contributed by atoms with van der Waals surface area (Å²) in [7, 11) is -3.93. The average molecular weight is 443 g/mol. The van der Waals surface area contributed by atoms with Crippen molar-refractivity contribution in [3.05, 3.63) is 58.1 Å². The number of carbonyl (C=O) groups excluding carboxylic acids is 1. The molecule has 0 radical (unpaired) electrons. The third-order valence-electron chi connectivity index (χ3n) is 4.03. The number of sulfonamides is 1. The first-order chi connectivity index (χ1) is 14.1. The highest BCUT2D eigenvalue weighted by molar-refractivity contribution is 7.89. The number of amides is 1. The fraction of sp³-hybridized carbons (Fsp3) is 0.278. The van der Waals surface area contributed by atoms with E-state index in [2.05, 4.69) is 5.32 Å². The normalized spacial score (nSPS) is 11.4. The number of halogens is 2. The van der Waals surface area contributed by atoms with Crippen molar-refractivity contribution in [2.45, 2.75) is 18.7 Å². The van der Waals surface area contributed by atoms with Gasteiger partial charge in [0.05, 0.1) is 9.82 Å². The number of rotatable bonds is 9. The Morgan fingerprint density at radius 3 is 2.37 bits per heavy atom. The fourth-order valence-electron chi connectivity index (χ4n) is 2.55. The number of anilines is 1. The van der Waals surface area contributed by atoms with Crippen LogP contribution in [0.1, 0.15) is 13.8 Å². The van der Waals surface area contributed by atoms with Gasteiger partial charge in [0.25, 0.3) is 5.91 Å². The molecule has 162 valence electrons. The lowest BCUT2D eigenvalue weighted by Gasteiger charge is -2.18. The third-order valence-corrected chi connectivity index (χ3v) is 6.08. The van der Waals surface area contributed by atoms with Crippen molar-refractivity contribution in [2.24, 2.45) is 0 Å². The predicted octanol–water partition coefficient (Wildman–Crippen LogP) is 2.92. The van der Waals surface area contributed by atoms with Crippen LogP contribution < -0.4 is 10.1 Å². The van der Waals surface area contributed by atoms with Gasteiger partial charge in [-0.3, -0.25) is 14.9 Å². The van der Waals surface area contributed by atoms with Crippen molar-refractivity contribution >= 4 is 27.3 Å². The first-order valence-corrected chi connectivity index (χ1v) is 10.2. The van der Waals surface area contributed by atoms with Crippen LogP contribution in [0.3, 0.4) is 0 Å². The van der Waals surface area contributed by atoms with E-state index >= 15 is 0 Å². The summed E-state index contributed by atoms with van der Waals surface area (Å²) in [6.07, 6.45) is 0. The summed E-state index contributed by atoms with van der Waals surface area (Å²) in [6.45, 7) is 2.98. The number of carbonyl (C=O) groups is 1. The first-order valence-electron chi connectivity index (χ1n) is 8.76. The van der Waals surface area contributed by atoms with Gasteiger partial charge in [0, 0.05) is 30.9 Å². The van der Waals surface area contributed by atoms with E-state index in [4.69, 9.17) is 4.74 Å². The average Bonchev–Trinajstić information content (AvgIpc) is 2.69. The molecule has 0 saturated carbocycles. The molecule has 2 aromatic carbocycles. The van der Waals surface area contributed by atoms with Crippen LogP contribution in [0.4, 0.5) is 20.2 Å². The molecule has 0 atom stereocenters. The molecular formula is C18H19F2N3O6S. The Morgan fingerprint density at radius 1 is 1.13 bits per heavy atom. The summed E-state index contributed by atoms with van der Waals surface area (Å²) < 4.78 is 57.5. The van der Waals surface area contributed by atoms with E-state index in [1.807, 2.05) is 0 Å². The van der Waals surface area contributed by atoms with E-state index in [0.29, 0.717) is 0 Å². The summed E-state index contributed by atoms with van der Waals surface area (Å²) in [5.74, 6) is -3.34. The molecule has 0 saturated heterocycles. The third kappa shape index (κ3) is 5.27. The Kier molecular flexibility index (Phi) is 7.40. The van der Waals surface area contributed by atoms with Crippen molar-refractivity contribution in [1.82, 2.24) is 4.31 Å². The Balaban J connectivity index is 2.18. The number of nitrogens with one attached hydrogen (secondary N) is 1. The Morgan fingerprint density at radius 2 is 1.80 bits per heavy atom. The second-order valence-corrected chi connectivity index (χ2v) is 7.88. The summed E-state index contributed by atoms with van der Waals surface area (Å²) in [5.41, 5.74) is -0.665. The van der Waals surface area contributed by atoms with Crippen LogP contribution in [-0.4, -0.2) is 43.2 Å². The molecule has 0 heterocycles. The first kappa shape index (κ1) is 23.2. The number of nitro benzene ring substituents is 1. The molecule has 12 heteroatoms. The molecule has 0 unspecified atom stereocenters. The van der Waals surface area contributed by atoms with Crippen molar-refractivity contribution in [3.63, 3.8) is 0 Å². The lowest BCUT2D eigenvalue weighted by Crippen LogP contribution is -2.30. The van der Waals surface area contributed by atoms with Gasteiger partial charge in [-0.2, -0.15) is 4.31 Å². The molecule has 1 N–H and O–H groups in total. The van der Waals surface area contributed by atoms with Gasteiger partial charge in [0.15, 0.2) is 24.0 Å². The predicted molar refractivity (Wildman–Crippen MR) is 104 cm³/mol. The van der Waals surface area contributed by atoms with Gasteiger partial charge in [-0.1, -0.05) is 13.8 Å². The smallest absolute Gasteiger partial charge is 0.312 e. The van der Waals surface area contributed by atoms with Crippen LogP contribution in [-0.2, 0) is 14.8 Å². The lowest BCUT2D eigenvalue weighted by molar-refractivity contribution is -0.386. The molecule has 2 rings (SSSR count). The summed E-state index contributed by atoms with van der Waals surface area (Å²) in [5, 5.41) is 13.6. The van der Waals surface area contributed by atoms with Gasteiger partial charge in [0.2, 0.25) is 10.0 Å². The quantitative estimate of drug-likeness (QED) is 0.470. The van der Waals surface area contributed by atoms with Crippen LogP contribution >= 0.6 is 0 Å². The van der Waals surface area contributed by atoms with Crippen LogP contribution in [0.15, 0.2) is 41.3 Å². The maximum atomic E-state index is 13.2. The minimum absolute atomic E-state index is 0.0299. The molecule has 9 nitrogen and oxygen atoms in total. The topological polar surface area (TPSA) is 119 Å². The zero-order valence-electron chi connectivity index (χ0n) is 16.1. The van der Waals surface area contributed by atoms with Crippen LogP contribution in [0.2, 0.25) is 0 Å². The van der Waals surface area contributed by atoms with E-state index < -0.39 is 44.8 Å². The molecule has 0 fully saturated rings. The molecule has 0 aliphatic rings. The van der Waals surface area contributed by atoms with E-state index in [1.54, 1.807) is 13.8 Å². The largest absolute Gasteiger partial charge is 0.477 e. The van der Waals surface area contributed by atoms with Crippen molar-refractivity contribution in [3.8, 4) is 5.75 Å². The standard InChI is InChI=1S/C18H19F2N3O6S/c1-3-22(4-2)30(27,28)13-6-8-17(16(10-13)23(25)26)29-11-18(24)21-12-5-7-14(19)15(20)9-12/h5-10H,3-4,11H2,1-2H3,(H,21,24). The monoisotopic (exact) mass is 443 g/mol. The molecule has 1 amide bonds. The van der Waals surface area contributed by atoms with Crippen LogP contribution in [0.25, 0.3) is 0 Å². The second-order valence-electron chi connectivity index (χ2n) is 5.94. The minimum atomic E-state index is -3.93. The van der Waals surface area contributed by atoms with Crippen molar-refractivity contribution < 1.29 is 31.7 Å². The van der Waals surface area contributed by atoms with E-state index in [0.717, 1.165) is 40.7 Å². The highest BCUT2D eigenvalue weighted by atomic mass is 32.2. The Hall–Kier alpha value is -3.12. The Bertz CT molecular complexity index is 1060. The number of benzene rings is 2. The van der Waals surface area contributed by atoms with E-state index in [-0.39, 0.29) is 29.4 Å². The number of hydrogen-bond donors (Lipinski definition) is 1. The molecule has 0 aromatic heterocycles. The number of nitro groups is 1. The molecule has 30 heavy (non-hydrogen) atoms. The minimum Gasteiger partial charge on any atom is -0.477 e. The molecular weight excluding hydrogens is 424 g/mol. The van der Waals surface area contributed by atoms with Crippen molar-refractivity contribution in [1.29, 1.82) is 0 Å². The highest BCUT2D eigenvalue weighted by Crippen LogP contribution is 2.31. The molecule has 0 bridgehead atoms. The van der Waals surface area contributed by atoms with Gasteiger partial charge < -0.3 is 10.1 Å². The van der Waals surface area contributed by atoms with E-state index in [9.17, 15) is 32.1 Å². The fourth-order valence-corrected chi connectivity index (χ4v) is 4.03. The number of ether oxygens (including phenoxy) is 1. The molecule has 0 spiro atoms. The SMILES string of the molecule is CCN(CC)S(=O)(=O)c1ccc(OCC(=O)Nc2ccc(F)c(F)c2)c([N+](=O)[O-])c1.